The van der Waals surface area contributed by atoms with Crippen LogP contribution >= 0.6 is 0 Å². The summed E-state index contributed by atoms with van der Waals surface area (Å²) >= 11 is 0. The Hall–Kier alpha value is -7.46. The van der Waals surface area contributed by atoms with Crippen molar-refractivity contribution in [1.82, 2.24) is 0 Å². The lowest BCUT2D eigenvalue weighted by Crippen LogP contribution is -1.94. The van der Waals surface area contributed by atoms with Crippen molar-refractivity contribution < 1.29 is 0 Å². The zero-order chi connectivity index (χ0) is 30.0. The maximum absolute atomic E-state index is 10.3. The van der Waals surface area contributed by atoms with Gasteiger partial charge in [0, 0.05) is 5.57 Å². The number of fused-ring (bicyclic) bond motifs is 2. The van der Waals surface area contributed by atoms with Crippen LogP contribution in [0.4, 0.5) is 5.69 Å². The molecule has 3 aromatic rings. The highest BCUT2D eigenvalue weighted by Gasteiger charge is 2.36. The van der Waals surface area contributed by atoms with Crippen LogP contribution in [0.25, 0.3) is 52.9 Å². The number of nitriles is 4. The number of allylic oxidation sites excluding steroid dienone is 7. The topological polar surface area (TPSA) is 113 Å². The molecule has 3 aromatic carbocycles. The Kier molecular flexibility index (Phi) is 6.45. The van der Waals surface area contributed by atoms with E-state index in [1.54, 1.807) is 60.7 Å². The van der Waals surface area contributed by atoms with Crippen LogP contribution in [0.5, 0.6) is 0 Å². The second-order valence-corrected chi connectivity index (χ2v) is 8.88. The van der Waals surface area contributed by atoms with Gasteiger partial charge in [-0.2, -0.15) is 10.5 Å². The van der Waals surface area contributed by atoms with E-state index in [-0.39, 0.29) is 33.8 Å². The largest absolute Gasteiger partial charge is 0.270 e. The quantitative estimate of drug-likeness (QED) is 0.250. The Morgan fingerprint density at radius 3 is 1.60 bits per heavy atom. The molecule has 0 amide bonds. The predicted octanol–water partition coefficient (Wildman–Crippen LogP) is 7.67. The fourth-order valence-electron chi connectivity index (χ4n) is 5.18. The fourth-order valence-corrected chi connectivity index (χ4v) is 5.18. The summed E-state index contributed by atoms with van der Waals surface area (Å²) in [5.74, 6) is 0. The minimum absolute atomic E-state index is 0.162. The lowest BCUT2D eigenvalue weighted by molar-refractivity contribution is 1.47. The number of benzene rings is 3. The molecule has 0 spiro atoms. The number of hydrogen-bond acceptors (Lipinski definition) is 4. The van der Waals surface area contributed by atoms with E-state index in [9.17, 15) is 21.0 Å². The van der Waals surface area contributed by atoms with Gasteiger partial charge in [-0.05, 0) is 68.3 Å². The molecule has 8 nitrogen and oxygen atoms in total. The first-order chi connectivity index (χ1) is 20.5. The normalized spacial score (nSPS) is 14.9. The van der Waals surface area contributed by atoms with Crippen molar-refractivity contribution in [3.63, 3.8) is 0 Å². The van der Waals surface area contributed by atoms with Crippen LogP contribution < -0.4 is 0 Å². The maximum Gasteiger partial charge on any atom is 0.270 e. The molecule has 0 atom stereocenters. The Balaban J connectivity index is 1.91. The number of nitrogens with zero attached hydrogens (tertiary/aromatic N) is 8. The molecule has 0 saturated carbocycles. The van der Waals surface area contributed by atoms with Gasteiger partial charge < -0.3 is 0 Å². The first-order valence-electron chi connectivity index (χ1n) is 12.0. The summed E-state index contributed by atoms with van der Waals surface area (Å²) in [5, 5.41) is 39.4. The van der Waals surface area contributed by atoms with Crippen LogP contribution in [0.3, 0.4) is 0 Å². The first-order valence-corrected chi connectivity index (χ1v) is 12.0. The van der Waals surface area contributed by atoms with Crippen LogP contribution in [0, 0.1) is 71.6 Å². The zero-order valence-electron chi connectivity index (χ0n) is 21.4. The SMILES string of the molecule is [C-]#[N+]C1=C(c2ccc([N+]#[C-])cc2)/C(=C(/C#N)[N+]#[C-])c2cc3c(cc21)C(C#N)=C(c1ccc(C#N)cc1)/C3=C(\C#N)[N+]#[C-]. The summed E-state index contributed by atoms with van der Waals surface area (Å²) in [7, 11) is 0. The average Bonchev–Trinajstić information content (AvgIpc) is 3.53. The third kappa shape index (κ3) is 3.78. The second-order valence-electron chi connectivity index (χ2n) is 8.88. The van der Waals surface area contributed by atoms with E-state index in [0.717, 1.165) is 0 Å². The minimum atomic E-state index is -0.261. The molecule has 2 aliphatic carbocycles. The highest BCUT2D eigenvalue weighted by molar-refractivity contribution is 6.29. The average molecular weight is 531 g/mol. The molecule has 0 bridgehead atoms. The van der Waals surface area contributed by atoms with Gasteiger partial charge in [0.15, 0.2) is 5.69 Å². The standard InChI is InChI=1S/C34H10N8/c1-39-22-11-9-21(10-12-22)31-33(29(18-38)41-3)25-14-24-23(13-26(25)34(31)42-4)27(16-36)30(32(24)28(17-37)40-2)20-7-5-19(15-35)6-8-20/h5-14H/b32-28+,33-29-. The van der Waals surface area contributed by atoms with Gasteiger partial charge in [0.05, 0.1) is 55.6 Å². The molecule has 186 valence electrons. The molecule has 0 heterocycles. The highest BCUT2D eigenvalue weighted by atomic mass is 14.7. The van der Waals surface area contributed by atoms with E-state index in [4.69, 9.17) is 26.3 Å². The molecule has 42 heavy (non-hydrogen) atoms. The van der Waals surface area contributed by atoms with Crippen molar-refractivity contribution in [1.29, 1.82) is 21.0 Å². The highest BCUT2D eigenvalue weighted by Crippen LogP contribution is 2.55. The minimum Gasteiger partial charge on any atom is -0.238 e. The van der Waals surface area contributed by atoms with E-state index < -0.39 is 0 Å². The smallest absolute Gasteiger partial charge is 0.238 e. The summed E-state index contributed by atoms with van der Waals surface area (Å²) in [5.41, 5.74) is 4.33. The molecule has 5 rings (SSSR count). The summed E-state index contributed by atoms with van der Waals surface area (Å²) < 4.78 is 0. The van der Waals surface area contributed by atoms with Crippen LogP contribution in [0.2, 0.25) is 0 Å². The van der Waals surface area contributed by atoms with Crippen molar-refractivity contribution in [2.24, 2.45) is 0 Å². The van der Waals surface area contributed by atoms with Gasteiger partial charge in [-0.15, -0.1) is 0 Å². The van der Waals surface area contributed by atoms with Gasteiger partial charge in [-0.25, -0.2) is 29.9 Å². The molecule has 0 saturated heterocycles. The molecule has 0 unspecified atom stereocenters. The van der Waals surface area contributed by atoms with Crippen LogP contribution in [-0.2, 0) is 0 Å². The Morgan fingerprint density at radius 1 is 0.571 bits per heavy atom. The molecule has 0 N–H and O–H groups in total. The lowest BCUT2D eigenvalue weighted by Gasteiger charge is -2.13. The predicted molar refractivity (Wildman–Crippen MR) is 154 cm³/mol. The van der Waals surface area contributed by atoms with E-state index in [2.05, 4.69) is 25.4 Å². The Labute approximate surface area is 241 Å². The molecular weight excluding hydrogens is 520 g/mol. The van der Waals surface area contributed by atoms with Gasteiger partial charge in [-0.1, -0.05) is 42.5 Å². The zero-order valence-corrected chi connectivity index (χ0v) is 21.4. The Bertz CT molecular complexity index is 2040. The van der Waals surface area contributed by atoms with Crippen LogP contribution in [-0.4, -0.2) is 0 Å². The third-order valence-electron chi connectivity index (χ3n) is 6.93. The molecule has 0 aliphatic heterocycles. The van der Waals surface area contributed by atoms with Crippen LogP contribution in [0.15, 0.2) is 72.1 Å². The van der Waals surface area contributed by atoms with Crippen molar-refractivity contribution in [2.75, 3.05) is 0 Å². The fraction of sp³-hybridized carbons (Fsp3) is 0. The van der Waals surface area contributed by atoms with Crippen molar-refractivity contribution in [3.8, 4) is 24.3 Å². The van der Waals surface area contributed by atoms with E-state index in [0.29, 0.717) is 55.8 Å². The molecule has 8 heteroatoms. The van der Waals surface area contributed by atoms with Gasteiger partial charge in [-0.3, -0.25) is 0 Å². The summed E-state index contributed by atoms with van der Waals surface area (Å²) in [4.78, 5) is 14.0. The maximum atomic E-state index is 10.3. The molecule has 0 aromatic heterocycles. The third-order valence-corrected chi connectivity index (χ3v) is 6.93. The van der Waals surface area contributed by atoms with Crippen molar-refractivity contribution in [2.45, 2.75) is 0 Å². The first kappa shape index (κ1) is 26.2. The second kappa shape index (κ2) is 10.4. The molecule has 2 aliphatic rings. The van der Waals surface area contributed by atoms with Gasteiger partial charge in [0.1, 0.15) is 6.07 Å². The number of rotatable bonds is 2. The molecule has 0 radical (unpaired) electrons. The summed E-state index contributed by atoms with van der Waals surface area (Å²) in [6.07, 6.45) is 0. The van der Waals surface area contributed by atoms with Crippen molar-refractivity contribution >= 4 is 39.2 Å². The monoisotopic (exact) mass is 530 g/mol. The van der Waals surface area contributed by atoms with Gasteiger partial charge in [0.2, 0.25) is 5.70 Å². The molecule has 0 fully saturated rings. The van der Waals surface area contributed by atoms with E-state index >= 15 is 0 Å². The van der Waals surface area contributed by atoms with Gasteiger partial charge in [0.25, 0.3) is 11.4 Å². The van der Waals surface area contributed by atoms with Crippen molar-refractivity contribution in [3.05, 3.63) is 157 Å². The summed E-state index contributed by atoms with van der Waals surface area (Å²) in [6.45, 7) is 30.7. The van der Waals surface area contributed by atoms with E-state index in [1.165, 1.54) is 0 Å². The lowest BCUT2D eigenvalue weighted by atomic mass is 9.91. The van der Waals surface area contributed by atoms with Crippen LogP contribution in [0.1, 0.15) is 38.9 Å². The van der Waals surface area contributed by atoms with E-state index in [1.807, 2.05) is 18.2 Å². The molecular formula is C34H10N8. The summed E-state index contributed by atoms with van der Waals surface area (Å²) in [6, 6.07) is 24.2. The van der Waals surface area contributed by atoms with Gasteiger partial charge >= 0.3 is 0 Å². The Morgan fingerprint density at radius 2 is 1.10 bits per heavy atom. The number of hydrogen-bond donors (Lipinski definition) is 0.